The van der Waals surface area contributed by atoms with E-state index >= 15 is 0 Å². The smallest absolute Gasteiger partial charge is 0.235 e. The average molecular weight is 556 g/mol. The van der Waals surface area contributed by atoms with Crippen molar-refractivity contribution in [1.29, 1.82) is 0 Å². The largest absolute Gasteiger partial charge is 0.507 e. The number of nitrogens with one attached hydrogen (secondary N) is 1. The number of Topliss-reactive ketones (excluding diaryl/α,β-unsaturated/α-hetero) is 4. The summed E-state index contributed by atoms with van der Waals surface area (Å²) < 4.78 is 0. The Morgan fingerprint density at radius 3 is 2.35 bits per heavy atom. The van der Waals surface area contributed by atoms with E-state index in [2.05, 4.69) is 5.32 Å². The topological polar surface area (TPSA) is 184 Å². The quantitative estimate of drug-likeness (QED) is 0.339. The Kier molecular flexibility index (Phi) is 7.76. The second kappa shape index (κ2) is 10.5. The zero-order chi connectivity index (χ0) is 29.8. The first-order valence-corrected chi connectivity index (χ1v) is 13.6. The van der Waals surface area contributed by atoms with Gasteiger partial charge in [0.2, 0.25) is 11.8 Å². The number of primary amides is 1. The molecule has 0 aliphatic heterocycles. The van der Waals surface area contributed by atoms with Crippen molar-refractivity contribution >= 4 is 34.9 Å². The highest BCUT2D eigenvalue weighted by atomic mass is 16.3. The first kappa shape index (κ1) is 29.5. The number of ketones is 4. The molecule has 11 heteroatoms. The highest BCUT2D eigenvalue weighted by Gasteiger charge is 2.69. The van der Waals surface area contributed by atoms with Crippen molar-refractivity contribution < 1.29 is 39.0 Å². The Bertz CT molecular complexity index is 1320. The molecule has 4 rings (SSSR count). The van der Waals surface area contributed by atoms with Crippen molar-refractivity contribution in [2.45, 2.75) is 64.6 Å². The number of carbonyl (C=O) groups is 6. The fourth-order valence-electron chi connectivity index (χ4n) is 6.90. The Labute approximate surface area is 232 Å². The van der Waals surface area contributed by atoms with Crippen LogP contribution in [0, 0.1) is 29.6 Å². The zero-order valence-electron chi connectivity index (χ0n) is 23.4. The van der Waals surface area contributed by atoms with E-state index in [4.69, 9.17) is 5.73 Å². The molecule has 2 fully saturated rings. The molecule has 2 unspecified atom stereocenters. The van der Waals surface area contributed by atoms with Crippen LogP contribution in [-0.4, -0.2) is 75.8 Å². The third-order valence-corrected chi connectivity index (χ3v) is 8.68. The number of aliphatic hydroxyl groups is 1. The molecular formula is C29H37N3O8. The van der Waals surface area contributed by atoms with Crippen LogP contribution in [0.2, 0.25) is 0 Å². The normalized spacial score (nSPS) is 29.8. The van der Waals surface area contributed by atoms with Crippen LogP contribution in [-0.2, 0) is 43.4 Å². The number of aryl methyl sites for hydroxylation is 1. The van der Waals surface area contributed by atoms with Gasteiger partial charge in [0.25, 0.3) is 0 Å². The zero-order valence-corrected chi connectivity index (χ0v) is 23.4. The second-order valence-corrected chi connectivity index (χ2v) is 11.9. The van der Waals surface area contributed by atoms with Gasteiger partial charge in [-0.15, -0.1) is 0 Å². The molecule has 2 saturated carbocycles. The minimum absolute atomic E-state index is 0.000816. The monoisotopic (exact) mass is 555 g/mol. The molecule has 0 radical (unpaired) electrons. The van der Waals surface area contributed by atoms with Gasteiger partial charge in [-0.3, -0.25) is 33.7 Å². The van der Waals surface area contributed by atoms with Crippen molar-refractivity contribution in [3.8, 4) is 5.75 Å². The molecule has 40 heavy (non-hydrogen) atoms. The predicted molar refractivity (Wildman–Crippen MR) is 142 cm³/mol. The van der Waals surface area contributed by atoms with Crippen LogP contribution in [0.25, 0.3) is 0 Å². The van der Waals surface area contributed by atoms with Crippen LogP contribution in [0.3, 0.4) is 0 Å². The Balaban J connectivity index is 1.79. The summed E-state index contributed by atoms with van der Waals surface area (Å²) in [5, 5.41) is 25.6. The summed E-state index contributed by atoms with van der Waals surface area (Å²) >= 11 is 0. The number of rotatable bonds is 7. The van der Waals surface area contributed by atoms with Gasteiger partial charge in [0.15, 0.2) is 34.7 Å². The summed E-state index contributed by atoms with van der Waals surface area (Å²) in [6.07, 6.45) is 1.02. The minimum Gasteiger partial charge on any atom is -0.507 e. The van der Waals surface area contributed by atoms with Gasteiger partial charge in [-0.2, -0.15) is 0 Å². The molecular weight excluding hydrogens is 518 g/mol. The van der Waals surface area contributed by atoms with Crippen molar-refractivity contribution in [2.75, 3.05) is 14.1 Å². The molecule has 3 aliphatic rings. The highest BCUT2D eigenvalue weighted by Crippen LogP contribution is 2.51. The van der Waals surface area contributed by atoms with E-state index in [-0.39, 0.29) is 42.5 Å². The molecule has 0 heterocycles. The standard InChI is InChI=1S/C29H37N3O8/c1-6-13-8-15(11-31-18(33)7-12(2)3)23(34)20-16(13)9-14-10-17-22(32(4)5)25(36)21(28(30)39)27(38)29(17,40)26(37)19(14)24(20)35/h8,12,14,17,19,21-22,34,40H,6-7,9-11H2,1-5H3,(H2,30,39)(H,31,33)/t14-,17-,19?,21?,22-,29-/m0/s1. The fraction of sp³-hybridized carbons (Fsp3) is 0.586. The number of likely N-dealkylation sites (N-methyl/N-ethyl adjacent to an activating group) is 1. The highest BCUT2D eigenvalue weighted by molar-refractivity contribution is 6.32. The van der Waals surface area contributed by atoms with Crippen LogP contribution < -0.4 is 11.1 Å². The number of fused-ring (bicyclic) bond motifs is 3. The molecule has 6 atom stereocenters. The molecule has 5 N–H and O–H groups in total. The summed E-state index contributed by atoms with van der Waals surface area (Å²) in [5.41, 5.74) is 4.20. The molecule has 216 valence electrons. The number of nitrogens with zero attached hydrogens (tertiary/aromatic N) is 1. The maximum atomic E-state index is 13.9. The second-order valence-electron chi connectivity index (χ2n) is 11.9. The summed E-state index contributed by atoms with van der Waals surface area (Å²) in [7, 11) is 3.09. The average Bonchev–Trinajstić information content (AvgIpc) is 2.85. The molecule has 0 saturated heterocycles. The van der Waals surface area contributed by atoms with Gasteiger partial charge < -0.3 is 21.3 Å². The van der Waals surface area contributed by atoms with E-state index in [1.807, 2.05) is 20.8 Å². The molecule has 0 aromatic heterocycles. The number of amides is 2. The summed E-state index contributed by atoms with van der Waals surface area (Å²) in [6.45, 7) is 5.67. The van der Waals surface area contributed by atoms with Crippen molar-refractivity contribution in [2.24, 2.45) is 35.3 Å². The molecule has 0 spiro atoms. The van der Waals surface area contributed by atoms with Crippen LogP contribution in [0.1, 0.15) is 60.7 Å². The Morgan fingerprint density at radius 2 is 1.80 bits per heavy atom. The van der Waals surface area contributed by atoms with Gasteiger partial charge in [-0.1, -0.05) is 26.8 Å². The molecule has 2 amide bonds. The van der Waals surface area contributed by atoms with E-state index in [0.29, 0.717) is 24.0 Å². The lowest BCUT2D eigenvalue weighted by molar-refractivity contribution is -0.181. The van der Waals surface area contributed by atoms with E-state index in [9.17, 15) is 39.0 Å². The molecule has 0 bridgehead atoms. The predicted octanol–water partition coefficient (Wildman–Crippen LogP) is 0.0917. The van der Waals surface area contributed by atoms with Gasteiger partial charge in [0, 0.05) is 24.4 Å². The molecule has 1 aromatic carbocycles. The number of hydrogen-bond donors (Lipinski definition) is 4. The van der Waals surface area contributed by atoms with Crippen molar-refractivity contribution in [3.05, 3.63) is 28.3 Å². The third-order valence-electron chi connectivity index (χ3n) is 8.68. The number of phenolic OH excluding ortho intramolecular Hbond substituents is 1. The molecule has 1 aromatic rings. The lowest BCUT2D eigenvalue weighted by Gasteiger charge is -2.52. The maximum Gasteiger partial charge on any atom is 0.235 e. The van der Waals surface area contributed by atoms with E-state index in [1.165, 1.54) is 4.90 Å². The summed E-state index contributed by atoms with van der Waals surface area (Å²) in [5.74, 6) is -10.8. The number of benzene rings is 1. The third kappa shape index (κ3) is 4.45. The number of carbonyl (C=O) groups excluding carboxylic acids is 6. The van der Waals surface area contributed by atoms with E-state index in [0.717, 1.165) is 5.56 Å². The van der Waals surface area contributed by atoms with Crippen LogP contribution in [0.15, 0.2) is 6.07 Å². The van der Waals surface area contributed by atoms with Gasteiger partial charge >= 0.3 is 0 Å². The van der Waals surface area contributed by atoms with E-state index < -0.39 is 64.4 Å². The van der Waals surface area contributed by atoms with Gasteiger partial charge in [0.05, 0.1) is 17.5 Å². The summed E-state index contributed by atoms with van der Waals surface area (Å²) in [4.78, 5) is 80.2. The van der Waals surface area contributed by atoms with Gasteiger partial charge in [0.1, 0.15) is 5.75 Å². The number of aromatic hydroxyl groups is 1. The summed E-state index contributed by atoms with van der Waals surface area (Å²) in [6, 6.07) is 0.601. The SMILES string of the molecule is CCc1cc(CNC(=O)CC(C)C)c(O)c2c1C[C@H]1C[C@H]3[C@H](N(C)C)C(=O)C(C(N)=O)C(=O)[C@@]3(O)C(=O)C1C2=O. The van der Waals surface area contributed by atoms with Gasteiger partial charge in [-0.25, -0.2) is 0 Å². The number of hydrogen-bond acceptors (Lipinski definition) is 9. The lowest BCUT2D eigenvalue weighted by atomic mass is 9.52. The molecule has 11 nitrogen and oxygen atoms in total. The van der Waals surface area contributed by atoms with Gasteiger partial charge in [-0.05, 0) is 56.3 Å². The number of phenols is 1. The van der Waals surface area contributed by atoms with Crippen molar-refractivity contribution in [3.63, 3.8) is 0 Å². The van der Waals surface area contributed by atoms with E-state index in [1.54, 1.807) is 20.2 Å². The fourth-order valence-corrected chi connectivity index (χ4v) is 6.90. The first-order chi connectivity index (χ1) is 18.7. The Morgan fingerprint density at radius 1 is 1.15 bits per heavy atom. The van der Waals surface area contributed by atoms with Crippen molar-refractivity contribution in [1.82, 2.24) is 10.2 Å². The van der Waals surface area contributed by atoms with Crippen LogP contribution in [0.4, 0.5) is 0 Å². The van der Waals surface area contributed by atoms with Crippen LogP contribution >= 0.6 is 0 Å². The van der Waals surface area contributed by atoms with Crippen LogP contribution in [0.5, 0.6) is 5.75 Å². The Hall–Kier alpha value is -3.44. The number of nitrogens with two attached hydrogens (primary N) is 1. The lowest BCUT2D eigenvalue weighted by Crippen LogP contribution is -2.74. The molecule has 3 aliphatic carbocycles. The minimum atomic E-state index is -2.76. The first-order valence-electron chi connectivity index (χ1n) is 13.6. The maximum absolute atomic E-state index is 13.9.